The van der Waals surface area contributed by atoms with Gasteiger partial charge in [0.15, 0.2) is 0 Å². The van der Waals surface area contributed by atoms with Crippen LogP contribution >= 0.6 is 0 Å². The Kier molecular flexibility index (Phi) is 5.64. The molecule has 0 unspecified atom stereocenters. The van der Waals surface area contributed by atoms with Crippen molar-refractivity contribution in [1.82, 2.24) is 4.90 Å². The monoisotopic (exact) mass is 417 g/mol. The molecule has 2 fully saturated rings. The van der Waals surface area contributed by atoms with E-state index >= 15 is 0 Å². The zero-order valence-electron chi connectivity index (χ0n) is 16.7. The summed E-state index contributed by atoms with van der Waals surface area (Å²) in [5.74, 6) is 0.278. The number of carbonyl (C=O) groups excluding carboxylic acids is 1. The van der Waals surface area contributed by atoms with Gasteiger partial charge >= 0.3 is 5.97 Å². The van der Waals surface area contributed by atoms with Gasteiger partial charge in [0, 0.05) is 24.9 Å². The van der Waals surface area contributed by atoms with Crippen LogP contribution in [-0.2, 0) is 29.2 Å². The molecule has 0 aromatic heterocycles. The van der Waals surface area contributed by atoms with Crippen molar-refractivity contribution >= 4 is 26.9 Å². The molecule has 156 valence electrons. The molecule has 1 saturated heterocycles. The molecule has 1 saturated carbocycles. The molecule has 2 aromatic rings. The molecule has 29 heavy (non-hydrogen) atoms. The van der Waals surface area contributed by atoms with Crippen LogP contribution in [0, 0.1) is 5.92 Å². The van der Waals surface area contributed by atoms with Crippen LogP contribution in [0.25, 0.3) is 10.8 Å². The Labute approximate surface area is 171 Å². The molecule has 2 aromatic carbocycles. The lowest BCUT2D eigenvalue weighted by Gasteiger charge is -2.21. The Balaban J connectivity index is 1.25. The van der Waals surface area contributed by atoms with Crippen LogP contribution in [0.2, 0.25) is 0 Å². The van der Waals surface area contributed by atoms with Crippen LogP contribution in [0.1, 0.15) is 31.2 Å². The smallest absolute Gasteiger partial charge is 0.307 e. The largest absolute Gasteiger partial charge is 0.449 e. The lowest BCUT2D eigenvalue weighted by Crippen LogP contribution is -2.30. The number of fused-ring (bicyclic) bond motifs is 2. The first kappa shape index (κ1) is 20.3. The lowest BCUT2D eigenvalue weighted by atomic mass is 9.93. The topological polar surface area (TPSA) is 72.9 Å². The normalized spacial score (nSPS) is 23.8. The van der Waals surface area contributed by atoms with Gasteiger partial charge in [0.05, 0.1) is 12.9 Å². The predicted octanol–water partition coefficient (Wildman–Crippen LogP) is 3.06. The fourth-order valence-corrected chi connectivity index (χ4v) is 5.22. The predicted molar refractivity (Wildman–Crippen MR) is 111 cm³/mol. The highest BCUT2D eigenvalue weighted by Gasteiger charge is 2.60. The molecule has 0 bridgehead atoms. The minimum absolute atomic E-state index is 0.0706. The van der Waals surface area contributed by atoms with Gasteiger partial charge < -0.3 is 4.74 Å². The van der Waals surface area contributed by atoms with Gasteiger partial charge in [0.2, 0.25) is 0 Å². The van der Waals surface area contributed by atoms with E-state index in [0.717, 1.165) is 20.2 Å². The Morgan fingerprint density at radius 3 is 2.76 bits per heavy atom. The van der Waals surface area contributed by atoms with Gasteiger partial charge in [-0.3, -0.25) is 13.9 Å². The van der Waals surface area contributed by atoms with Crippen molar-refractivity contribution in [2.24, 2.45) is 5.92 Å². The van der Waals surface area contributed by atoms with Crippen molar-refractivity contribution in [1.29, 1.82) is 0 Å². The highest BCUT2D eigenvalue weighted by Crippen LogP contribution is 2.59. The van der Waals surface area contributed by atoms with Gasteiger partial charge in [0.1, 0.15) is 6.73 Å². The maximum Gasteiger partial charge on any atom is 0.307 e. The van der Waals surface area contributed by atoms with E-state index in [1.54, 1.807) is 0 Å². The first-order valence-corrected chi connectivity index (χ1v) is 11.7. The fourth-order valence-electron chi connectivity index (χ4n) is 4.50. The molecular formula is C22H27NO5S. The second kappa shape index (κ2) is 8.05. The maximum atomic E-state index is 12.0. The molecule has 0 spiro atoms. The summed E-state index contributed by atoms with van der Waals surface area (Å²) in [6.45, 7) is 2.17. The van der Waals surface area contributed by atoms with E-state index in [1.807, 2.05) is 0 Å². The van der Waals surface area contributed by atoms with E-state index in [-0.39, 0.29) is 23.6 Å². The number of unbranched alkanes of at least 4 members (excludes halogenated alkanes) is 1. The number of benzene rings is 2. The summed E-state index contributed by atoms with van der Waals surface area (Å²) >= 11 is 0. The average molecular weight is 418 g/mol. The Hall–Kier alpha value is -1.96. The summed E-state index contributed by atoms with van der Waals surface area (Å²) < 4.78 is 32.3. The zero-order chi connectivity index (χ0) is 20.5. The van der Waals surface area contributed by atoms with Gasteiger partial charge in [-0.1, -0.05) is 42.5 Å². The zero-order valence-corrected chi connectivity index (χ0v) is 17.5. The molecule has 1 heterocycles. The molecule has 0 radical (unpaired) electrons. The number of hydrogen-bond donors (Lipinski definition) is 0. The number of carbonyl (C=O) groups is 1. The molecule has 0 N–H and O–H groups in total. The van der Waals surface area contributed by atoms with Crippen LogP contribution in [-0.4, -0.2) is 52.0 Å². The summed E-state index contributed by atoms with van der Waals surface area (Å²) in [4.78, 5) is 14.2. The van der Waals surface area contributed by atoms with Crippen LogP contribution < -0.4 is 0 Å². The van der Waals surface area contributed by atoms with E-state index in [2.05, 4.69) is 51.5 Å². The number of piperidine rings is 1. The molecule has 6 nitrogen and oxygen atoms in total. The molecule has 0 amide bonds. The number of likely N-dealkylation sites (tertiary alicyclic amines) is 1. The Morgan fingerprint density at radius 1 is 1.17 bits per heavy atom. The summed E-state index contributed by atoms with van der Waals surface area (Å²) in [6, 6.07) is 15.2. The highest BCUT2D eigenvalue weighted by molar-refractivity contribution is 7.86. The van der Waals surface area contributed by atoms with Crippen molar-refractivity contribution in [3.8, 4) is 0 Å². The third-order valence-corrected chi connectivity index (χ3v) is 7.52. The van der Waals surface area contributed by atoms with Crippen molar-refractivity contribution in [2.75, 3.05) is 32.7 Å². The Bertz CT molecular complexity index is 1010. The van der Waals surface area contributed by atoms with Gasteiger partial charge in [-0.2, -0.15) is 8.42 Å². The van der Waals surface area contributed by atoms with E-state index in [9.17, 15) is 13.2 Å². The third kappa shape index (κ3) is 4.47. The van der Waals surface area contributed by atoms with E-state index < -0.39 is 10.1 Å². The molecule has 2 atom stereocenters. The number of nitrogens with zero attached hydrogens (tertiary/aromatic N) is 1. The molecule has 1 aliphatic carbocycles. The van der Waals surface area contributed by atoms with Crippen LogP contribution in [0.3, 0.4) is 0 Å². The van der Waals surface area contributed by atoms with E-state index in [4.69, 9.17) is 4.74 Å². The highest BCUT2D eigenvalue weighted by atomic mass is 32.2. The summed E-state index contributed by atoms with van der Waals surface area (Å²) in [6.07, 6.45) is 2.29. The van der Waals surface area contributed by atoms with Gasteiger partial charge in [-0.05, 0) is 41.5 Å². The average Bonchev–Trinajstić information content (AvgIpc) is 3.30. The molecule has 4 rings (SSSR count). The van der Waals surface area contributed by atoms with E-state index in [0.29, 0.717) is 25.5 Å². The third-order valence-electron chi connectivity index (χ3n) is 6.23. The summed E-state index contributed by atoms with van der Waals surface area (Å²) in [5, 5.41) is 2.53. The number of rotatable bonds is 9. The first-order chi connectivity index (χ1) is 13.9. The summed E-state index contributed by atoms with van der Waals surface area (Å²) in [7, 11) is -2.30. The van der Waals surface area contributed by atoms with Gasteiger partial charge in [-0.25, -0.2) is 0 Å². The van der Waals surface area contributed by atoms with Crippen molar-refractivity contribution < 1.29 is 22.1 Å². The quantitative estimate of drug-likeness (QED) is 0.355. The number of esters is 1. The Morgan fingerprint density at radius 2 is 1.97 bits per heavy atom. The van der Waals surface area contributed by atoms with E-state index in [1.165, 1.54) is 22.8 Å². The van der Waals surface area contributed by atoms with Crippen molar-refractivity contribution in [2.45, 2.75) is 31.1 Å². The van der Waals surface area contributed by atoms with Gasteiger partial charge in [0.25, 0.3) is 10.1 Å². The summed E-state index contributed by atoms with van der Waals surface area (Å²) in [5.41, 5.74) is 1.58. The number of ether oxygens (including phenoxy) is 1. The second-order valence-electron chi connectivity index (χ2n) is 8.16. The minimum Gasteiger partial charge on any atom is -0.449 e. The molecule has 7 heteroatoms. The van der Waals surface area contributed by atoms with Crippen LogP contribution in [0.15, 0.2) is 42.5 Å². The van der Waals surface area contributed by atoms with Crippen LogP contribution in [0.4, 0.5) is 0 Å². The second-order valence-corrected chi connectivity index (χ2v) is 10.0. The number of hydrogen-bond acceptors (Lipinski definition) is 6. The lowest BCUT2D eigenvalue weighted by molar-refractivity contribution is -0.148. The standard InChI is InChI=1S/C22H27NO5S/c1-27-29(25,26)11-5-4-8-21(24)28-16-23-14-20-13-22(20,15-23)19-10-9-17-6-2-3-7-18(17)12-19/h2-3,6-7,9-10,12,20H,4-5,8,11,13-16H2,1H3/t20-,22+/m1/s1. The maximum absolute atomic E-state index is 12.0. The fraction of sp³-hybridized carbons (Fsp3) is 0.500. The molecule has 1 aliphatic heterocycles. The molecular weight excluding hydrogens is 390 g/mol. The van der Waals surface area contributed by atoms with Gasteiger partial charge in [-0.15, -0.1) is 0 Å². The molecule has 2 aliphatic rings. The van der Waals surface area contributed by atoms with Crippen molar-refractivity contribution in [3.05, 3.63) is 48.0 Å². The first-order valence-electron chi connectivity index (χ1n) is 10.1. The SMILES string of the molecule is COS(=O)(=O)CCCCC(=O)OCN1C[C@H]2C[C@@]2(c2ccc3ccccc3c2)C1. The van der Waals surface area contributed by atoms with Crippen molar-refractivity contribution in [3.63, 3.8) is 0 Å². The van der Waals surface area contributed by atoms with Crippen LogP contribution in [0.5, 0.6) is 0 Å². The minimum atomic E-state index is -3.45.